The van der Waals surface area contributed by atoms with Crippen molar-refractivity contribution >= 4 is 12.0 Å². The van der Waals surface area contributed by atoms with Crippen LogP contribution in [0, 0.1) is 19.8 Å². The molecular weight excluding hydrogens is 318 g/mol. The smallest absolute Gasteiger partial charge is 0.408 e. The molecule has 0 spiro atoms. The molecule has 25 heavy (non-hydrogen) atoms. The molecule has 140 valence electrons. The zero-order chi connectivity index (χ0) is 19.2. The Bertz CT molecular complexity index is 592. The molecule has 0 aromatic carbocycles. The first kappa shape index (κ1) is 20.9. The number of nitrogens with one attached hydrogen (secondary N) is 1. The quantitative estimate of drug-likeness (QED) is 0.820. The van der Waals surface area contributed by atoms with Gasteiger partial charge in [-0.15, -0.1) is 0 Å². The highest BCUT2D eigenvalue weighted by molar-refractivity contribution is 5.86. The number of amides is 2. The number of pyridine rings is 1. The van der Waals surface area contributed by atoms with Crippen LogP contribution in [-0.2, 0) is 16.1 Å². The van der Waals surface area contributed by atoms with Gasteiger partial charge in [0.05, 0.1) is 0 Å². The van der Waals surface area contributed by atoms with Crippen LogP contribution in [0.2, 0.25) is 0 Å². The molecule has 1 aromatic rings. The van der Waals surface area contributed by atoms with Crippen LogP contribution in [0.25, 0.3) is 0 Å². The number of aryl methyl sites for hydroxylation is 2. The summed E-state index contributed by atoms with van der Waals surface area (Å²) in [6.07, 6.45) is 0.299. The number of likely N-dealkylation sites (N-methyl/N-ethyl adjacent to an activating group) is 1. The third-order valence-electron chi connectivity index (χ3n) is 3.83. The summed E-state index contributed by atoms with van der Waals surface area (Å²) in [5.74, 6) is 0.300. The van der Waals surface area contributed by atoms with E-state index in [1.807, 2.05) is 26.0 Å². The lowest BCUT2D eigenvalue weighted by Crippen LogP contribution is -2.48. The number of alkyl carbamates (subject to hydrolysis) is 1. The first-order valence-electron chi connectivity index (χ1n) is 8.68. The van der Waals surface area contributed by atoms with Crippen LogP contribution in [0.15, 0.2) is 12.1 Å². The molecule has 1 rings (SSSR count). The van der Waals surface area contributed by atoms with Gasteiger partial charge in [-0.1, -0.05) is 13.8 Å². The lowest BCUT2D eigenvalue weighted by molar-refractivity contribution is -0.146. The van der Waals surface area contributed by atoms with Crippen molar-refractivity contribution in [1.29, 1.82) is 0 Å². The standard InChI is InChI=1S/C19H31N3O3/c1-13(2)8-9-22(7)17(23)19(5,6)25-18(24)20-12-16-10-14(3)21-15(4)11-16/h10-11,13H,8-9,12H2,1-7H3,(H,20,24). The zero-order valence-electron chi connectivity index (χ0n) is 16.5. The molecule has 0 atom stereocenters. The van der Waals surface area contributed by atoms with Crippen molar-refractivity contribution in [3.8, 4) is 0 Å². The van der Waals surface area contributed by atoms with Crippen LogP contribution in [0.1, 0.15) is 51.1 Å². The topological polar surface area (TPSA) is 71.5 Å². The Morgan fingerprint density at radius 3 is 2.32 bits per heavy atom. The average Bonchev–Trinajstić information content (AvgIpc) is 2.48. The van der Waals surface area contributed by atoms with Crippen LogP contribution in [0.3, 0.4) is 0 Å². The molecule has 0 fully saturated rings. The third kappa shape index (κ3) is 7.11. The summed E-state index contributed by atoms with van der Waals surface area (Å²) in [6.45, 7) is 12.2. The van der Waals surface area contributed by atoms with Gasteiger partial charge in [0.1, 0.15) is 0 Å². The van der Waals surface area contributed by atoms with E-state index in [-0.39, 0.29) is 5.91 Å². The number of hydrogen-bond acceptors (Lipinski definition) is 4. The van der Waals surface area contributed by atoms with E-state index in [9.17, 15) is 9.59 Å². The lowest BCUT2D eigenvalue weighted by Gasteiger charge is -2.29. The summed E-state index contributed by atoms with van der Waals surface area (Å²) < 4.78 is 5.35. The Morgan fingerprint density at radius 1 is 1.24 bits per heavy atom. The summed E-state index contributed by atoms with van der Waals surface area (Å²) in [5, 5.41) is 2.69. The number of ether oxygens (including phenoxy) is 1. The van der Waals surface area contributed by atoms with Crippen molar-refractivity contribution in [3.05, 3.63) is 29.1 Å². The average molecular weight is 349 g/mol. The van der Waals surface area contributed by atoms with Crippen molar-refractivity contribution in [3.63, 3.8) is 0 Å². The van der Waals surface area contributed by atoms with Crippen LogP contribution in [-0.4, -0.2) is 41.1 Å². The van der Waals surface area contributed by atoms with E-state index in [4.69, 9.17) is 4.74 Å². The molecule has 2 amide bonds. The van der Waals surface area contributed by atoms with E-state index in [0.717, 1.165) is 23.4 Å². The molecule has 0 unspecified atom stereocenters. The zero-order valence-corrected chi connectivity index (χ0v) is 16.5. The molecular formula is C19H31N3O3. The molecule has 0 aliphatic heterocycles. The van der Waals surface area contributed by atoms with Crippen molar-refractivity contribution in [2.45, 2.75) is 60.1 Å². The molecule has 1 N–H and O–H groups in total. The summed E-state index contributed by atoms with van der Waals surface area (Å²) in [7, 11) is 1.73. The molecule has 0 radical (unpaired) electrons. The van der Waals surface area contributed by atoms with Gasteiger partial charge in [0, 0.05) is 31.5 Å². The van der Waals surface area contributed by atoms with Gasteiger partial charge in [0.15, 0.2) is 5.60 Å². The highest BCUT2D eigenvalue weighted by Gasteiger charge is 2.34. The molecule has 1 aromatic heterocycles. The van der Waals surface area contributed by atoms with E-state index >= 15 is 0 Å². The molecule has 0 bridgehead atoms. The Hall–Kier alpha value is -2.11. The van der Waals surface area contributed by atoms with Gasteiger partial charge in [-0.3, -0.25) is 9.78 Å². The second-order valence-electron chi connectivity index (χ2n) is 7.42. The van der Waals surface area contributed by atoms with Crippen molar-refractivity contribution in [2.24, 2.45) is 5.92 Å². The molecule has 0 saturated carbocycles. The molecule has 0 aliphatic carbocycles. The minimum absolute atomic E-state index is 0.209. The largest absolute Gasteiger partial charge is 0.433 e. The van der Waals surface area contributed by atoms with Crippen LogP contribution >= 0.6 is 0 Å². The molecule has 0 aliphatic rings. The van der Waals surface area contributed by atoms with E-state index in [1.54, 1.807) is 25.8 Å². The minimum Gasteiger partial charge on any atom is -0.433 e. The van der Waals surface area contributed by atoms with Gasteiger partial charge in [0.25, 0.3) is 5.91 Å². The summed E-state index contributed by atoms with van der Waals surface area (Å²) >= 11 is 0. The van der Waals surface area contributed by atoms with Gasteiger partial charge < -0.3 is 15.0 Å². The predicted molar refractivity (Wildman–Crippen MR) is 98.2 cm³/mol. The van der Waals surface area contributed by atoms with Gasteiger partial charge in [-0.25, -0.2) is 4.79 Å². The highest BCUT2D eigenvalue weighted by atomic mass is 16.6. The normalized spacial score (nSPS) is 11.4. The minimum atomic E-state index is -1.21. The van der Waals surface area contributed by atoms with Crippen LogP contribution in [0.4, 0.5) is 4.79 Å². The fraction of sp³-hybridized carbons (Fsp3) is 0.632. The molecule has 1 heterocycles. The second-order valence-corrected chi connectivity index (χ2v) is 7.42. The van der Waals surface area contributed by atoms with Gasteiger partial charge in [0.2, 0.25) is 0 Å². The summed E-state index contributed by atoms with van der Waals surface area (Å²) in [5.41, 5.74) is 1.53. The SMILES string of the molecule is Cc1cc(CNC(=O)OC(C)(C)C(=O)N(C)CCC(C)C)cc(C)n1. The number of aromatic nitrogens is 1. The van der Waals surface area contributed by atoms with Gasteiger partial charge >= 0.3 is 6.09 Å². The van der Waals surface area contributed by atoms with E-state index in [0.29, 0.717) is 19.0 Å². The van der Waals surface area contributed by atoms with Crippen LogP contribution in [0.5, 0.6) is 0 Å². The maximum Gasteiger partial charge on any atom is 0.408 e. The second kappa shape index (κ2) is 8.83. The Labute approximate surface area is 151 Å². The summed E-state index contributed by atoms with van der Waals surface area (Å²) in [4.78, 5) is 30.5. The fourth-order valence-electron chi connectivity index (χ4n) is 2.52. The van der Waals surface area contributed by atoms with Crippen molar-refractivity contribution in [2.75, 3.05) is 13.6 Å². The maximum absolute atomic E-state index is 12.5. The fourth-order valence-corrected chi connectivity index (χ4v) is 2.52. The number of hydrogen-bond donors (Lipinski definition) is 1. The maximum atomic E-state index is 12.5. The lowest BCUT2D eigenvalue weighted by atomic mass is 10.1. The van der Waals surface area contributed by atoms with Gasteiger partial charge in [-0.05, 0) is 57.7 Å². The first-order chi connectivity index (χ1) is 11.5. The number of nitrogens with zero attached hydrogens (tertiary/aromatic N) is 2. The summed E-state index contributed by atoms with van der Waals surface area (Å²) in [6, 6.07) is 3.81. The van der Waals surface area contributed by atoms with Gasteiger partial charge in [-0.2, -0.15) is 0 Å². The van der Waals surface area contributed by atoms with Crippen LogP contribution < -0.4 is 5.32 Å². The van der Waals surface area contributed by atoms with E-state index in [2.05, 4.69) is 24.1 Å². The molecule has 6 nitrogen and oxygen atoms in total. The predicted octanol–water partition coefficient (Wildman–Crippen LogP) is 3.21. The van der Waals surface area contributed by atoms with Crippen molar-refractivity contribution in [1.82, 2.24) is 15.2 Å². The number of carbonyl (C=O) groups excluding carboxylic acids is 2. The number of rotatable bonds is 7. The molecule has 0 saturated heterocycles. The highest BCUT2D eigenvalue weighted by Crippen LogP contribution is 2.15. The monoisotopic (exact) mass is 349 g/mol. The number of carbonyl (C=O) groups is 2. The van der Waals surface area contributed by atoms with E-state index in [1.165, 1.54) is 0 Å². The Kier molecular flexibility index (Phi) is 7.39. The third-order valence-corrected chi connectivity index (χ3v) is 3.83. The molecule has 6 heteroatoms. The van der Waals surface area contributed by atoms with Crippen molar-refractivity contribution < 1.29 is 14.3 Å². The van der Waals surface area contributed by atoms with E-state index < -0.39 is 11.7 Å². The Balaban J connectivity index is 2.57. The first-order valence-corrected chi connectivity index (χ1v) is 8.68. The Morgan fingerprint density at radius 2 is 1.80 bits per heavy atom.